The number of Topliss-reactive ketones (excluding diaryl/α,β-unsaturated/α-hetero) is 1. The first-order valence-corrected chi connectivity index (χ1v) is 8.07. The van der Waals surface area contributed by atoms with Gasteiger partial charge in [-0.2, -0.15) is 61.5 Å². The van der Waals surface area contributed by atoms with Crippen molar-refractivity contribution in [1.29, 1.82) is 0 Å². The van der Waals surface area contributed by atoms with Crippen molar-refractivity contribution in [2.24, 2.45) is 0 Å². The number of halogens is 14. The minimum absolute atomic E-state index is 0.191. The second kappa shape index (κ2) is 8.81. The second-order valence-electron chi connectivity index (χ2n) is 6.26. The lowest BCUT2D eigenvalue weighted by Crippen LogP contribution is -2.57. The van der Waals surface area contributed by atoms with E-state index in [9.17, 15) is 75.8 Å². The number of benzene rings is 1. The summed E-state index contributed by atoms with van der Waals surface area (Å²) in [5, 5.41) is 0. The lowest BCUT2D eigenvalue weighted by Gasteiger charge is -2.27. The Morgan fingerprint density at radius 2 is 0.886 bits per heavy atom. The maximum Gasteiger partial charge on any atom is 0.460 e. The van der Waals surface area contributed by atoms with E-state index in [4.69, 9.17) is 0 Å². The summed E-state index contributed by atoms with van der Waals surface area (Å²) in [5.74, 6) is -39.9. The molecule has 0 heterocycles. The first kappa shape index (κ1) is 29.9. The van der Waals surface area contributed by atoms with Crippen molar-refractivity contribution in [2.45, 2.75) is 43.0 Å². The molecule has 1 aromatic carbocycles. The van der Waals surface area contributed by atoms with E-state index in [0.717, 1.165) is 0 Å². The van der Waals surface area contributed by atoms with E-state index in [2.05, 4.69) is 9.47 Å². The van der Waals surface area contributed by atoms with Crippen molar-refractivity contribution in [3.8, 4) is 11.5 Å². The van der Waals surface area contributed by atoms with E-state index in [0.29, 0.717) is 13.0 Å². The van der Waals surface area contributed by atoms with Gasteiger partial charge in [-0.3, -0.25) is 4.79 Å². The molecule has 0 aliphatic rings. The van der Waals surface area contributed by atoms with Gasteiger partial charge in [0, 0.05) is 0 Å². The third kappa shape index (κ3) is 5.12. The van der Waals surface area contributed by atoms with Crippen LogP contribution in [0, 0.1) is 0 Å². The number of rotatable bonds is 7. The van der Waals surface area contributed by atoms with Gasteiger partial charge in [0.15, 0.2) is 5.78 Å². The molecule has 35 heavy (non-hydrogen) atoms. The maximum absolute atomic E-state index is 13.4. The predicted octanol–water partition coefficient (Wildman–Crippen LogP) is 5.37. The zero-order chi connectivity index (χ0) is 28.0. The molecule has 0 saturated carbocycles. The van der Waals surface area contributed by atoms with Gasteiger partial charge in [-0.05, 0) is 19.1 Å². The Labute approximate surface area is 182 Å². The Morgan fingerprint density at radius 3 is 1.11 bits per heavy atom. The lowest BCUT2D eigenvalue weighted by molar-refractivity contribution is -0.346. The van der Waals surface area contributed by atoms with Gasteiger partial charge in [0.05, 0.1) is 0 Å². The van der Waals surface area contributed by atoms with E-state index in [1.54, 1.807) is 0 Å². The van der Waals surface area contributed by atoms with Crippen molar-refractivity contribution in [1.82, 2.24) is 0 Å². The highest BCUT2D eigenvalue weighted by Crippen LogP contribution is 2.48. The molecule has 198 valence electrons. The number of ketones is 1. The molecule has 5 nitrogen and oxygen atoms in total. The average molecular weight is 544 g/mol. The maximum atomic E-state index is 13.4. The van der Waals surface area contributed by atoms with E-state index >= 15 is 0 Å². The van der Waals surface area contributed by atoms with Crippen LogP contribution < -0.4 is 9.47 Å². The van der Waals surface area contributed by atoms with Crippen LogP contribution in [0.25, 0.3) is 0 Å². The lowest BCUT2D eigenvalue weighted by atomic mass is 10.1. The molecular weight excluding hydrogens is 538 g/mol. The molecule has 0 unspecified atom stereocenters. The highest BCUT2D eigenvalue weighted by Gasteiger charge is 2.78. The Bertz CT molecular complexity index is 939. The summed E-state index contributed by atoms with van der Waals surface area (Å²) < 4.78 is 186. The molecule has 0 radical (unpaired) electrons. The van der Waals surface area contributed by atoms with Gasteiger partial charge in [-0.25, -0.2) is 9.59 Å². The Balaban J connectivity index is 3.46. The van der Waals surface area contributed by atoms with Crippen LogP contribution in [-0.4, -0.2) is 53.8 Å². The first-order chi connectivity index (χ1) is 15.3. The molecule has 0 aromatic heterocycles. The summed E-state index contributed by atoms with van der Waals surface area (Å²) in [7, 11) is 0. The number of carbonyl (C=O) groups excluding carboxylic acids is 3. The van der Waals surface area contributed by atoms with Gasteiger partial charge < -0.3 is 9.47 Å². The molecular formula is C16H6F14O5. The van der Waals surface area contributed by atoms with Gasteiger partial charge in [0.1, 0.15) is 17.1 Å². The van der Waals surface area contributed by atoms with Gasteiger partial charge in [-0.15, -0.1) is 0 Å². The van der Waals surface area contributed by atoms with Gasteiger partial charge in [-0.1, -0.05) is 6.07 Å². The molecule has 0 amide bonds. The zero-order valence-electron chi connectivity index (χ0n) is 16.1. The number of esters is 2. The minimum atomic E-state index is -7.04. The fraction of sp³-hybridized carbons (Fsp3) is 0.438. The summed E-state index contributed by atoms with van der Waals surface area (Å²) >= 11 is 0. The van der Waals surface area contributed by atoms with Crippen molar-refractivity contribution >= 4 is 17.7 Å². The fourth-order valence-corrected chi connectivity index (χ4v) is 1.97. The van der Waals surface area contributed by atoms with Crippen LogP contribution in [-0.2, 0) is 9.59 Å². The van der Waals surface area contributed by atoms with Crippen molar-refractivity contribution in [3.05, 3.63) is 23.8 Å². The number of alkyl halides is 14. The van der Waals surface area contributed by atoms with Crippen molar-refractivity contribution in [3.63, 3.8) is 0 Å². The third-order valence-electron chi connectivity index (χ3n) is 3.76. The molecule has 0 saturated heterocycles. The van der Waals surface area contributed by atoms with E-state index in [-0.39, 0.29) is 12.1 Å². The van der Waals surface area contributed by atoms with Crippen LogP contribution in [0.2, 0.25) is 0 Å². The molecule has 0 atom stereocenters. The zero-order valence-corrected chi connectivity index (χ0v) is 16.1. The molecule has 0 N–H and O–H groups in total. The topological polar surface area (TPSA) is 69.7 Å². The number of ether oxygens (including phenoxy) is 2. The van der Waals surface area contributed by atoms with E-state index in [1.807, 2.05) is 0 Å². The Hall–Kier alpha value is -3.15. The third-order valence-corrected chi connectivity index (χ3v) is 3.76. The first-order valence-electron chi connectivity index (χ1n) is 8.07. The number of hydrogen-bond acceptors (Lipinski definition) is 5. The fourth-order valence-electron chi connectivity index (χ4n) is 1.97. The van der Waals surface area contributed by atoms with Crippen molar-refractivity contribution in [2.75, 3.05) is 0 Å². The van der Waals surface area contributed by atoms with Crippen molar-refractivity contribution < 1.29 is 85.3 Å². The molecule has 0 bridgehead atoms. The predicted molar refractivity (Wildman–Crippen MR) is 79.6 cm³/mol. The molecule has 0 spiro atoms. The van der Waals surface area contributed by atoms with Gasteiger partial charge >= 0.3 is 48.0 Å². The summed E-state index contributed by atoms with van der Waals surface area (Å²) in [6.07, 6.45) is -14.0. The smallest absolute Gasteiger partial charge is 0.421 e. The molecule has 1 rings (SSSR count). The second-order valence-corrected chi connectivity index (χ2v) is 6.26. The normalized spacial score (nSPS) is 13.9. The van der Waals surface area contributed by atoms with Gasteiger partial charge in [0.2, 0.25) is 0 Å². The van der Waals surface area contributed by atoms with Crippen LogP contribution in [0.1, 0.15) is 17.3 Å². The van der Waals surface area contributed by atoms with Crippen LogP contribution in [0.4, 0.5) is 61.5 Å². The van der Waals surface area contributed by atoms with Gasteiger partial charge in [0.25, 0.3) is 0 Å². The number of carbonyl (C=O) groups is 3. The summed E-state index contributed by atoms with van der Waals surface area (Å²) in [6, 6.07) is 0.699. The van der Waals surface area contributed by atoms with E-state index in [1.165, 1.54) is 0 Å². The van der Waals surface area contributed by atoms with Crippen LogP contribution >= 0.6 is 0 Å². The van der Waals surface area contributed by atoms with Crippen LogP contribution in [0.15, 0.2) is 18.2 Å². The highest BCUT2D eigenvalue weighted by atomic mass is 19.4. The Morgan fingerprint density at radius 1 is 0.600 bits per heavy atom. The highest BCUT2D eigenvalue weighted by molar-refractivity contribution is 6.01. The largest absolute Gasteiger partial charge is 0.460 e. The summed E-state index contributed by atoms with van der Waals surface area (Å²) in [6.45, 7) is 0.342. The monoisotopic (exact) mass is 544 g/mol. The minimum Gasteiger partial charge on any atom is -0.421 e. The molecule has 1 aromatic rings. The van der Waals surface area contributed by atoms with Crippen LogP contribution in [0.3, 0.4) is 0 Å². The Kier molecular flexibility index (Phi) is 7.52. The SMILES string of the molecule is CC(=O)c1c(OC(=O)C(F)(F)C(F)(F)C(F)(F)F)cccc1OC(=O)C(F)(F)C(F)(F)C(F)(F)F. The van der Waals surface area contributed by atoms with E-state index < -0.39 is 70.8 Å². The number of hydrogen-bond donors (Lipinski definition) is 0. The standard InChI is InChI=1S/C16H6F14O5/c1-5(31)8-6(34-9(32)11(17,18)13(21,22)15(25,26)27)3-2-4-7(8)35-10(33)12(19,20)14(23,24)16(28,29)30/h2-4H,1H3. The average Bonchev–Trinajstić information content (AvgIpc) is 2.65. The molecule has 0 aliphatic carbocycles. The summed E-state index contributed by atoms with van der Waals surface area (Å²) in [4.78, 5) is 34.3. The molecule has 0 fully saturated rings. The van der Waals surface area contributed by atoms with Crippen LogP contribution in [0.5, 0.6) is 11.5 Å². The molecule has 0 aliphatic heterocycles. The molecule has 19 heteroatoms. The quantitative estimate of drug-likeness (QED) is 0.200. The summed E-state index contributed by atoms with van der Waals surface area (Å²) in [5.41, 5.74) is -1.63.